The van der Waals surface area contributed by atoms with Gasteiger partial charge in [0.2, 0.25) is 0 Å². The summed E-state index contributed by atoms with van der Waals surface area (Å²) >= 11 is 0. The number of piperazine rings is 1. The highest BCUT2D eigenvalue weighted by Crippen LogP contribution is 2.37. The molecule has 2 atom stereocenters. The number of nitrogens with two attached hydrogens (primary N) is 1. The van der Waals surface area contributed by atoms with Crippen LogP contribution in [0.4, 0.5) is 0 Å². The number of hydrogen-bond acceptors (Lipinski definition) is 4. The van der Waals surface area contributed by atoms with Gasteiger partial charge < -0.3 is 15.4 Å². The molecule has 0 radical (unpaired) electrons. The highest BCUT2D eigenvalue weighted by Gasteiger charge is 2.33. The van der Waals surface area contributed by atoms with Crippen LogP contribution in [0.15, 0.2) is 18.2 Å². The van der Waals surface area contributed by atoms with Crippen molar-refractivity contribution in [1.82, 2.24) is 9.80 Å². The molecule has 1 aromatic rings. The second kappa shape index (κ2) is 6.34. The molecule has 3 rings (SSSR count). The highest BCUT2D eigenvalue weighted by atomic mass is 16.5. The third kappa shape index (κ3) is 2.93. The van der Waals surface area contributed by atoms with E-state index < -0.39 is 0 Å². The van der Waals surface area contributed by atoms with Gasteiger partial charge in [-0.25, -0.2) is 0 Å². The maximum atomic E-state index is 6.05. The first-order valence-corrected chi connectivity index (χ1v) is 8.04. The van der Waals surface area contributed by atoms with Gasteiger partial charge in [0.1, 0.15) is 5.75 Å². The Hall–Kier alpha value is -1.10. The molecule has 21 heavy (non-hydrogen) atoms. The van der Waals surface area contributed by atoms with Gasteiger partial charge in [0.15, 0.2) is 0 Å². The fraction of sp³-hybridized carbons (Fsp3) is 0.647. The zero-order valence-corrected chi connectivity index (χ0v) is 13.2. The minimum absolute atomic E-state index is 0.464. The Morgan fingerprint density at radius 3 is 2.95 bits per heavy atom. The Morgan fingerprint density at radius 2 is 2.19 bits per heavy atom. The van der Waals surface area contributed by atoms with Crippen LogP contribution in [0.2, 0.25) is 0 Å². The van der Waals surface area contributed by atoms with E-state index in [-0.39, 0.29) is 0 Å². The molecule has 0 spiro atoms. The predicted molar refractivity (Wildman–Crippen MR) is 85.7 cm³/mol. The molecule has 0 bridgehead atoms. The molecule has 0 saturated carbocycles. The maximum absolute atomic E-state index is 6.05. The average molecular weight is 289 g/mol. The molecule has 2 unspecified atom stereocenters. The van der Waals surface area contributed by atoms with Gasteiger partial charge in [-0.2, -0.15) is 0 Å². The largest absolute Gasteiger partial charge is 0.497 e. The van der Waals surface area contributed by atoms with Crippen LogP contribution in [-0.2, 0) is 6.42 Å². The van der Waals surface area contributed by atoms with E-state index in [1.165, 1.54) is 30.4 Å². The van der Waals surface area contributed by atoms with Crippen molar-refractivity contribution in [2.45, 2.75) is 31.3 Å². The van der Waals surface area contributed by atoms with Gasteiger partial charge in [0.05, 0.1) is 7.11 Å². The van der Waals surface area contributed by atoms with Crippen LogP contribution < -0.4 is 10.5 Å². The predicted octanol–water partition coefficient (Wildman–Crippen LogP) is 1.65. The fourth-order valence-electron chi connectivity index (χ4n) is 3.87. The third-order valence-electron chi connectivity index (χ3n) is 5.04. The zero-order valence-electron chi connectivity index (χ0n) is 13.2. The molecule has 1 heterocycles. The second-order valence-corrected chi connectivity index (χ2v) is 6.36. The lowest BCUT2D eigenvalue weighted by Gasteiger charge is -2.45. The minimum Gasteiger partial charge on any atom is -0.497 e. The topological polar surface area (TPSA) is 41.7 Å². The zero-order chi connectivity index (χ0) is 14.8. The van der Waals surface area contributed by atoms with Crippen molar-refractivity contribution >= 4 is 0 Å². The lowest BCUT2D eigenvalue weighted by atomic mass is 9.85. The number of likely N-dealkylation sites (N-methyl/N-ethyl adjacent to an activating group) is 1. The molecule has 1 saturated heterocycles. The Balaban J connectivity index is 1.89. The molecule has 2 aliphatic rings. The van der Waals surface area contributed by atoms with E-state index in [2.05, 4.69) is 35.0 Å². The number of hydrogen-bond donors (Lipinski definition) is 1. The van der Waals surface area contributed by atoms with Gasteiger partial charge in [0.25, 0.3) is 0 Å². The van der Waals surface area contributed by atoms with Crippen molar-refractivity contribution in [3.05, 3.63) is 29.3 Å². The molecule has 116 valence electrons. The van der Waals surface area contributed by atoms with E-state index in [1.807, 2.05) is 0 Å². The van der Waals surface area contributed by atoms with Gasteiger partial charge >= 0.3 is 0 Å². The van der Waals surface area contributed by atoms with Gasteiger partial charge in [-0.3, -0.25) is 4.90 Å². The van der Waals surface area contributed by atoms with E-state index in [4.69, 9.17) is 10.5 Å². The quantitative estimate of drug-likeness (QED) is 0.919. The molecule has 0 aromatic heterocycles. The first-order chi connectivity index (χ1) is 10.2. The van der Waals surface area contributed by atoms with Gasteiger partial charge in [0, 0.05) is 38.3 Å². The van der Waals surface area contributed by atoms with Crippen LogP contribution in [0, 0.1) is 0 Å². The summed E-state index contributed by atoms with van der Waals surface area (Å²) in [6.45, 7) is 4.05. The summed E-state index contributed by atoms with van der Waals surface area (Å²) in [7, 11) is 3.94. The molecular weight excluding hydrogens is 262 g/mol. The van der Waals surface area contributed by atoms with Crippen molar-refractivity contribution in [3.63, 3.8) is 0 Å². The van der Waals surface area contributed by atoms with E-state index in [9.17, 15) is 0 Å². The molecular formula is C17H27N3O. The molecule has 4 nitrogen and oxygen atoms in total. The van der Waals surface area contributed by atoms with E-state index >= 15 is 0 Å². The number of rotatable bonds is 3. The van der Waals surface area contributed by atoms with Crippen molar-refractivity contribution < 1.29 is 4.74 Å². The van der Waals surface area contributed by atoms with Crippen molar-refractivity contribution in [2.75, 3.05) is 40.3 Å². The summed E-state index contributed by atoms with van der Waals surface area (Å²) in [5.74, 6) is 0.971. The fourth-order valence-corrected chi connectivity index (χ4v) is 3.87. The minimum atomic E-state index is 0.464. The third-order valence-corrected chi connectivity index (χ3v) is 5.04. The highest BCUT2D eigenvalue weighted by molar-refractivity contribution is 5.39. The summed E-state index contributed by atoms with van der Waals surface area (Å²) in [6, 6.07) is 7.54. The number of aryl methyl sites for hydroxylation is 1. The van der Waals surface area contributed by atoms with Crippen LogP contribution in [0.25, 0.3) is 0 Å². The Labute approximate surface area is 127 Å². The molecule has 1 fully saturated rings. The SMILES string of the molecule is COc1ccc2c(c1)C(N1CCN(C)CC1CN)CCC2. The number of methoxy groups -OCH3 is 1. The first-order valence-electron chi connectivity index (χ1n) is 8.04. The monoisotopic (exact) mass is 289 g/mol. The summed E-state index contributed by atoms with van der Waals surface area (Å²) < 4.78 is 5.43. The Kier molecular flexibility index (Phi) is 4.48. The Morgan fingerprint density at radius 1 is 1.33 bits per heavy atom. The summed E-state index contributed by atoms with van der Waals surface area (Å²) in [5.41, 5.74) is 8.99. The number of benzene rings is 1. The molecule has 1 aromatic carbocycles. The number of ether oxygens (including phenoxy) is 1. The van der Waals surface area contributed by atoms with Gasteiger partial charge in [-0.05, 0) is 49.6 Å². The first kappa shape index (κ1) is 14.8. The van der Waals surface area contributed by atoms with Crippen LogP contribution >= 0.6 is 0 Å². The molecule has 4 heteroatoms. The molecule has 1 aliphatic heterocycles. The number of nitrogens with zero attached hydrogens (tertiary/aromatic N) is 2. The molecule has 2 N–H and O–H groups in total. The van der Waals surface area contributed by atoms with Crippen LogP contribution in [0.1, 0.15) is 30.0 Å². The van der Waals surface area contributed by atoms with Crippen molar-refractivity contribution in [1.29, 1.82) is 0 Å². The van der Waals surface area contributed by atoms with Gasteiger partial charge in [-0.1, -0.05) is 6.07 Å². The Bertz CT molecular complexity index is 491. The van der Waals surface area contributed by atoms with E-state index in [0.29, 0.717) is 12.1 Å². The van der Waals surface area contributed by atoms with Gasteiger partial charge in [-0.15, -0.1) is 0 Å². The van der Waals surface area contributed by atoms with Crippen LogP contribution in [0.5, 0.6) is 5.75 Å². The smallest absolute Gasteiger partial charge is 0.119 e. The molecule has 0 amide bonds. The van der Waals surface area contributed by atoms with Crippen LogP contribution in [-0.4, -0.2) is 56.2 Å². The summed E-state index contributed by atoms with van der Waals surface area (Å²) in [6.07, 6.45) is 3.70. The standard InChI is InChI=1S/C17H27N3O/c1-19-8-9-20(14(11-18)12-19)17-5-3-4-13-6-7-15(21-2)10-16(13)17/h6-7,10,14,17H,3-5,8-9,11-12,18H2,1-2H3. The lowest BCUT2D eigenvalue weighted by molar-refractivity contribution is 0.0485. The summed E-state index contributed by atoms with van der Waals surface area (Å²) in [4.78, 5) is 5.03. The van der Waals surface area contributed by atoms with E-state index in [1.54, 1.807) is 7.11 Å². The molecule has 1 aliphatic carbocycles. The normalized spacial score (nSPS) is 27.4. The van der Waals surface area contributed by atoms with Crippen molar-refractivity contribution in [3.8, 4) is 5.75 Å². The lowest BCUT2D eigenvalue weighted by Crippen LogP contribution is -2.56. The summed E-state index contributed by atoms with van der Waals surface area (Å²) in [5, 5.41) is 0. The van der Waals surface area contributed by atoms with E-state index in [0.717, 1.165) is 31.9 Å². The maximum Gasteiger partial charge on any atom is 0.119 e. The van der Waals surface area contributed by atoms with Crippen LogP contribution in [0.3, 0.4) is 0 Å². The average Bonchev–Trinajstić information content (AvgIpc) is 2.53. The second-order valence-electron chi connectivity index (χ2n) is 6.36. The van der Waals surface area contributed by atoms with Crippen molar-refractivity contribution in [2.24, 2.45) is 5.73 Å². The number of fused-ring (bicyclic) bond motifs is 1.